The molecule has 3 nitrogen and oxygen atoms in total. The largest absolute Gasteiger partial charge is 0.324 e. The zero-order valence-corrected chi connectivity index (χ0v) is 10.5. The number of hydrogen-bond acceptors (Lipinski definition) is 3. The number of nitrogens with zero attached hydrogens (tertiary/aromatic N) is 1. The summed E-state index contributed by atoms with van der Waals surface area (Å²) >= 11 is 10.4. The molecule has 1 aromatic heterocycles. The number of carbonyl (C=O) groups excluding carboxylic acids is 1. The third kappa shape index (κ3) is 3.48. The van der Waals surface area contributed by atoms with E-state index in [9.17, 15) is 4.79 Å². The summed E-state index contributed by atoms with van der Waals surface area (Å²) in [5.74, 6) is 0.383. The number of halogens is 2. The van der Waals surface area contributed by atoms with Crippen molar-refractivity contribution in [2.75, 3.05) is 17.3 Å². The Balaban J connectivity index is 2.68. The summed E-state index contributed by atoms with van der Waals surface area (Å²) in [6.45, 7) is 0. The van der Waals surface area contributed by atoms with Crippen molar-refractivity contribution >= 4 is 50.9 Å². The summed E-state index contributed by atoms with van der Waals surface area (Å²) in [6, 6.07) is 1.72. The first-order valence-corrected chi connectivity index (χ1v) is 6.30. The third-order valence-electron chi connectivity index (χ3n) is 1.36. The maximum Gasteiger partial charge on any atom is 0.234 e. The van der Waals surface area contributed by atoms with Crippen LogP contribution in [0.25, 0.3) is 0 Å². The van der Waals surface area contributed by atoms with E-state index in [1.165, 1.54) is 18.0 Å². The van der Waals surface area contributed by atoms with Gasteiger partial charge in [0.25, 0.3) is 0 Å². The minimum atomic E-state index is -0.0477. The second-order valence-corrected chi connectivity index (χ2v) is 4.56. The Kier molecular flexibility index (Phi) is 4.71. The van der Waals surface area contributed by atoms with Gasteiger partial charge in [-0.25, -0.2) is 4.98 Å². The molecule has 1 aromatic rings. The normalized spacial score (nSPS) is 9.93. The lowest BCUT2D eigenvalue weighted by atomic mass is 10.4. The first-order valence-electron chi connectivity index (χ1n) is 3.73. The highest BCUT2D eigenvalue weighted by Crippen LogP contribution is 2.22. The van der Waals surface area contributed by atoms with Gasteiger partial charge in [-0.2, -0.15) is 11.8 Å². The van der Waals surface area contributed by atoms with Gasteiger partial charge in [0.1, 0.15) is 5.15 Å². The lowest BCUT2D eigenvalue weighted by Crippen LogP contribution is -2.13. The minimum absolute atomic E-state index is 0.0477. The highest BCUT2D eigenvalue weighted by Gasteiger charge is 2.03. The van der Waals surface area contributed by atoms with Crippen LogP contribution in [0.15, 0.2) is 16.7 Å². The van der Waals surface area contributed by atoms with Crippen LogP contribution in [0.4, 0.5) is 5.69 Å². The predicted molar refractivity (Wildman–Crippen MR) is 64.0 cm³/mol. The summed E-state index contributed by atoms with van der Waals surface area (Å²) in [4.78, 5) is 15.1. The molecule has 0 aliphatic rings. The number of aromatic nitrogens is 1. The molecule has 0 aromatic carbocycles. The molecule has 0 aliphatic carbocycles. The van der Waals surface area contributed by atoms with E-state index in [0.717, 1.165) is 0 Å². The van der Waals surface area contributed by atoms with Crippen LogP contribution in [0.2, 0.25) is 5.15 Å². The molecule has 0 saturated heterocycles. The Morgan fingerprint density at radius 1 is 1.79 bits per heavy atom. The number of carbonyl (C=O) groups is 1. The van der Waals surface area contributed by atoms with Crippen LogP contribution in [-0.4, -0.2) is 22.9 Å². The van der Waals surface area contributed by atoms with Crippen LogP contribution < -0.4 is 5.32 Å². The fourth-order valence-electron chi connectivity index (χ4n) is 0.818. The molecule has 0 bridgehead atoms. The molecule has 1 rings (SSSR count). The van der Waals surface area contributed by atoms with E-state index in [1.807, 2.05) is 6.26 Å². The van der Waals surface area contributed by atoms with Gasteiger partial charge in [-0.05, 0) is 28.3 Å². The van der Waals surface area contributed by atoms with E-state index in [1.54, 1.807) is 6.07 Å². The summed E-state index contributed by atoms with van der Waals surface area (Å²) in [5, 5.41) is 3.08. The maximum atomic E-state index is 11.2. The van der Waals surface area contributed by atoms with Crippen LogP contribution in [0.5, 0.6) is 0 Å². The molecule has 14 heavy (non-hydrogen) atoms. The van der Waals surface area contributed by atoms with Gasteiger partial charge < -0.3 is 5.32 Å². The van der Waals surface area contributed by atoms with Crippen molar-refractivity contribution in [3.63, 3.8) is 0 Å². The van der Waals surface area contributed by atoms with Gasteiger partial charge in [0.05, 0.1) is 22.1 Å². The quantitative estimate of drug-likeness (QED) is 0.872. The minimum Gasteiger partial charge on any atom is -0.324 e. The molecular formula is C8H8BrClN2OS. The number of pyridine rings is 1. The van der Waals surface area contributed by atoms with Crippen LogP contribution in [0, 0.1) is 0 Å². The van der Waals surface area contributed by atoms with Gasteiger partial charge in [0, 0.05) is 0 Å². The molecule has 1 amide bonds. The van der Waals surface area contributed by atoms with E-state index >= 15 is 0 Å². The van der Waals surface area contributed by atoms with Crippen LogP contribution in [-0.2, 0) is 4.79 Å². The topological polar surface area (TPSA) is 42.0 Å². The van der Waals surface area contributed by atoms with Crippen molar-refractivity contribution in [3.8, 4) is 0 Å². The lowest BCUT2D eigenvalue weighted by molar-refractivity contribution is -0.113. The smallest absolute Gasteiger partial charge is 0.234 e. The summed E-state index contributed by atoms with van der Waals surface area (Å²) in [7, 11) is 0. The van der Waals surface area contributed by atoms with Gasteiger partial charge in [0.15, 0.2) is 0 Å². The van der Waals surface area contributed by atoms with E-state index in [4.69, 9.17) is 11.6 Å². The van der Waals surface area contributed by atoms with Crippen molar-refractivity contribution in [3.05, 3.63) is 21.9 Å². The molecule has 0 spiro atoms. The number of rotatable bonds is 3. The molecule has 0 radical (unpaired) electrons. The van der Waals surface area contributed by atoms with Gasteiger partial charge in [-0.15, -0.1) is 0 Å². The highest BCUT2D eigenvalue weighted by atomic mass is 79.9. The Morgan fingerprint density at radius 2 is 2.50 bits per heavy atom. The Labute approximate surface area is 99.8 Å². The van der Waals surface area contributed by atoms with Gasteiger partial charge in [-0.1, -0.05) is 11.6 Å². The first kappa shape index (κ1) is 11.8. The molecular weight excluding hydrogens is 288 g/mol. The number of hydrogen-bond donors (Lipinski definition) is 1. The molecule has 1 heterocycles. The van der Waals surface area contributed by atoms with Gasteiger partial charge >= 0.3 is 0 Å². The summed E-state index contributed by atoms with van der Waals surface area (Å²) in [6.07, 6.45) is 3.39. The van der Waals surface area contributed by atoms with Crippen LogP contribution >= 0.6 is 39.3 Å². The maximum absolute atomic E-state index is 11.2. The second-order valence-electron chi connectivity index (χ2n) is 2.48. The number of thioether (sulfide) groups is 1. The zero-order chi connectivity index (χ0) is 10.6. The monoisotopic (exact) mass is 294 g/mol. The highest BCUT2D eigenvalue weighted by molar-refractivity contribution is 9.10. The fraction of sp³-hybridized carbons (Fsp3) is 0.250. The Hall–Kier alpha value is -0.260. The van der Waals surface area contributed by atoms with Crippen molar-refractivity contribution in [2.24, 2.45) is 0 Å². The van der Waals surface area contributed by atoms with Gasteiger partial charge in [-0.3, -0.25) is 4.79 Å². The summed E-state index contributed by atoms with van der Waals surface area (Å²) < 4.78 is 0.668. The standard InChI is InChI=1S/C8H8BrClN2OS/c1-14-4-7(13)12-5-2-6(9)8(10)11-3-5/h2-3H,4H2,1H3,(H,12,13). The first-order chi connectivity index (χ1) is 6.63. The number of amides is 1. The number of nitrogens with one attached hydrogen (secondary N) is 1. The third-order valence-corrected chi connectivity index (χ3v) is 3.04. The average molecular weight is 296 g/mol. The molecule has 0 fully saturated rings. The van der Waals surface area contributed by atoms with Crippen LogP contribution in [0.1, 0.15) is 0 Å². The van der Waals surface area contributed by atoms with E-state index in [2.05, 4.69) is 26.2 Å². The number of anilines is 1. The van der Waals surface area contributed by atoms with E-state index < -0.39 is 0 Å². The lowest BCUT2D eigenvalue weighted by Gasteiger charge is -2.04. The van der Waals surface area contributed by atoms with E-state index in [0.29, 0.717) is 21.1 Å². The zero-order valence-electron chi connectivity index (χ0n) is 7.38. The molecule has 76 valence electrons. The average Bonchev–Trinajstić information content (AvgIpc) is 2.12. The van der Waals surface area contributed by atoms with E-state index in [-0.39, 0.29) is 5.91 Å². The molecule has 0 saturated carbocycles. The molecule has 6 heteroatoms. The predicted octanol–water partition coefficient (Wildman–Crippen LogP) is 2.80. The molecule has 0 atom stereocenters. The molecule has 0 unspecified atom stereocenters. The SMILES string of the molecule is CSCC(=O)Nc1cnc(Cl)c(Br)c1. The van der Waals surface area contributed by atoms with Crippen molar-refractivity contribution in [1.29, 1.82) is 0 Å². The van der Waals surface area contributed by atoms with Crippen molar-refractivity contribution in [1.82, 2.24) is 4.98 Å². The fourth-order valence-corrected chi connectivity index (χ4v) is 1.60. The van der Waals surface area contributed by atoms with Gasteiger partial charge in [0.2, 0.25) is 5.91 Å². The summed E-state index contributed by atoms with van der Waals surface area (Å²) in [5.41, 5.74) is 0.639. The Morgan fingerprint density at radius 3 is 3.07 bits per heavy atom. The Bertz CT molecular complexity index is 348. The van der Waals surface area contributed by atoms with Crippen molar-refractivity contribution in [2.45, 2.75) is 0 Å². The molecule has 1 N–H and O–H groups in total. The van der Waals surface area contributed by atoms with Crippen LogP contribution in [0.3, 0.4) is 0 Å². The second kappa shape index (κ2) is 5.58. The van der Waals surface area contributed by atoms with Crippen molar-refractivity contribution < 1.29 is 4.79 Å². The molecule has 0 aliphatic heterocycles.